The van der Waals surface area contributed by atoms with Crippen molar-refractivity contribution in [3.63, 3.8) is 0 Å². The molecule has 0 unspecified atom stereocenters. The molecule has 0 atom stereocenters. The predicted octanol–water partition coefficient (Wildman–Crippen LogP) is 2.74. The highest BCUT2D eigenvalue weighted by Gasteiger charge is 2.05. The lowest BCUT2D eigenvalue weighted by Crippen LogP contribution is -2.06. The van der Waals surface area contributed by atoms with Crippen LogP contribution in [0.5, 0.6) is 0 Å². The van der Waals surface area contributed by atoms with Gasteiger partial charge in [-0.25, -0.2) is 9.37 Å². The molecule has 0 bridgehead atoms. The largest absolute Gasteiger partial charge is 0.368 e. The molecule has 5 heteroatoms. The van der Waals surface area contributed by atoms with E-state index in [1.807, 2.05) is 25.1 Å². The molecule has 1 aromatic carbocycles. The molecule has 0 saturated carbocycles. The van der Waals surface area contributed by atoms with Gasteiger partial charge in [0.05, 0.1) is 0 Å². The van der Waals surface area contributed by atoms with Crippen LogP contribution in [0.4, 0.5) is 16.2 Å². The van der Waals surface area contributed by atoms with Gasteiger partial charge in [-0.1, -0.05) is 12.1 Å². The van der Waals surface area contributed by atoms with Crippen LogP contribution in [0.3, 0.4) is 0 Å². The van der Waals surface area contributed by atoms with Crippen molar-refractivity contribution < 1.29 is 4.39 Å². The van der Waals surface area contributed by atoms with Crippen LogP contribution in [0.2, 0.25) is 0 Å². The number of hydrogen-bond donors (Lipinski definition) is 2. The van der Waals surface area contributed by atoms with Crippen LogP contribution in [0.25, 0.3) is 0 Å². The maximum absolute atomic E-state index is 13.5. The molecule has 0 amide bonds. The van der Waals surface area contributed by atoms with Gasteiger partial charge in [0.1, 0.15) is 11.6 Å². The minimum Gasteiger partial charge on any atom is -0.368 e. The van der Waals surface area contributed by atoms with E-state index >= 15 is 0 Å². The minimum atomic E-state index is -0.147. The van der Waals surface area contributed by atoms with Crippen LogP contribution < -0.4 is 11.1 Å². The molecule has 1 heterocycles. The zero-order valence-electron chi connectivity index (χ0n) is 11.3. The summed E-state index contributed by atoms with van der Waals surface area (Å²) in [4.78, 5) is 8.10. The lowest BCUT2D eigenvalue weighted by atomic mass is 10.1. The Labute approximate surface area is 111 Å². The first-order valence-corrected chi connectivity index (χ1v) is 6.06. The van der Waals surface area contributed by atoms with Gasteiger partial charge in [0, 0.05) is 18.3 Å². The fourth-order valence-electron chi connectivity index (χ4n) is 2.01. The highest BCUT2D eigenvalue weighted by atomic mass is 19.1. The molecule has 2 rings (SSSR count). The van der Waals surface area contributed by atoms with Crippen molar-refractivity contribution in [2.24, 2.45) is 0 Å². The van der Waals surface area contributed by atoms with Gasteiger partial charge in [0.25, 0.3) is 0 Å². The first-order valence-electron chi connectivity index (χ1n) is 6.06. The summed E-state index contributed by atoms with van der Waals surface area (Å²) < 4.78 is 13.5. The van der Waals surface area contributed by atoms with E-state index in [0.717, 1.165) is 11.3 Å². The van der Waals surface area contributed by atoms with Crippen molar-refractivity contribution in [3.8, 4) is 0 Å². The summed E-state index contributed by atoms with van der Waals surface area (Å²) in [6.45, 7) is 5.95. The van der Waals surface area contributed by atoms with E-state index in [9.17, 15) is 4.39 Å². The summed E-state index contributed by atoms with van der Waals surface area (Å²) in [6, 6.07) is 5.47. The summed E-state index contributed by atoms with van der Waals surface area (Å²) in [5.74, 6) is 0.768. The molecule has 0 aliphatic heterocycles. The molecule has 1 aromatic heterocycles. The Hall–Kier alpha value is -2.17. The first kappa shape index (κ1) is 13.3. The van der Waals surface area contributed by atoms with Crippen LogP contribution in [-0.2, 0) is 6.54 Å². The van der Waals surface area contributed by atoms with Crippen molar-refractivity contribution in [1.82, 2.24) is 9.97 Å². The average Bonchev–Trinajstić information content (AvgIpc) is 2.32. The number of nitrogen functional groups attached to an aromatic ring is 1. The number of nitrogens with zero attached hydrogens (tertiary/aromatic N) is 2. The van der Waals surface area contributed by atoms with Crippen LogP contribution in [-0.4, -0.2) is 9.97 Å². The normalized spacial score (nSPS) is 10.5. The third-order valence-electron chi connectivity index (χ3n) is 2.84. The van der Waals surface area contributed by atoms with Gasteiger partial charge in [-0.15, -0.1) is 0 Å². The zero-order valence-corrected chi connectivity index (χ0v) is 11.3. The molecule has 0 aliphatic rings. The Balaban J connectivity index is 2.14. The average molecular weight is 260 g/mol. The Morgan fingerprint density at radius 1 is 1.11 bits per heavy atom. The van der Waals surface area contributed by atoms with Crippen molar-refractivity contribution in [3.05, 3.63) is 46.4 Å². The van der Waals surface area contributed by atoms with Crippen LogP contribution in [0.1, 0.15) is 22.4 Å². The fraction of sp³-hybridized carbons (Fsp3) is 0.286. The summed E-state index contributed by atoms with van der Waals surface area (Å²) in [7, 11) is 0. The first-order chi connectivity index (χ1) is 8.95. The Morgan fingerprint density at radius 2 is 1.74 bits per heavy atom. The lowest BCUT2D eigenvalue weighted by Gasteiger charge is -2.09. The quantitative estimate of drug-likeness (QED) is 0.890. The van der Waals surface area contributed by atoms with Crippen LogP contribution >= 0.6 is 0 Å². The Morgan fingerprint density at radius 3 is 2.32 bits per heavy atom. The van der Waals surface area contributed by atoms with E-state index < -0.39 is 0 Å². The molecule has 0 fully saturated rings. The van der Waals surface area contributed by atoms with E-state index in [0.29, 0.717) is 23.5 Å². The summed E-state index contributed by atoms with van der Waals surface area (Å²) in [6.07, 6.45) is 0. The van der Waals surface area contributed by atoms with E-state index in [2.05, 4.69) is 15.3 Å². The number of aryl methyl sites for hydroxylation is 3. The summed E-state index contributed by atoms with van der Waals surface area (Å²) in [5.41, 5.74) is 8.69. The Kier molecular flexibility index (Phi) is 3.64. The highest BCUT2D eigenvalue weighted by molar-refractivity contribution is 5.41. The molecule has 0 radical (unpaired) electrons. The lowest BCUT2D eigenvalue weighted by molar-refractivity contribution is 0.608. The molecular weight excluding hydrogens is 243 g/mol. The molecular formula is C14H17FN4. The van der Waals surface area contributed by atoms with E-state index in [-0.39, 0.29) is 11.8 Å². The van der Waals surface area contributed by atoms with Gasteiger partial charge in [0.15, 0.2) is 0 Å². The molecule has 2 aromatic rings. The smallest absolute Gasteiger partial charge is 0.222 e. The van der Waals surface area contributed by atoms with E-state index in [1.54, 1.807) is 13.8 Å². The number of nitrogens with one attached hydrogen (secondary N) is 1. The molecule has 0 aliphatic carbocycles. The van der Waals surface area contributed by atoms with Gasteiger partial charge in [-0.05, 0) is 37.5 Å². The zero-order chi connectivity index (χ0) is 14.0. The number of halogens is 1. The van der Waals surface area contributed by atoms with E-state index in [1.165, 1.54) is 0 Å². The standard InChI is InChI=1S/C14H17FN4/c1-8-4-11(5-9(2)13(8)15)7-17-12-6-10(3)18-14(16)19-12/h4-6H,7H2,1-3H3,(H3,16,17,18,19). The SMILES string of the molecule is Cc1cc(NCc2cc(C)c(F)c(C)c2)nc(N)n1. The monoisotopic (exact) mass is 260 g/mol. The number of aromatic nitrogens is 2. The topological polar surface area (TPSA) is 63.8 Å². The fourth-order valence-corrected chi connectivity index (χ4v) is 2.01. The van der Waals surface area contributed by atoms with Crippen molar-refractivity contribution in [2.75, 3.05) is 11.1 Å². The van der Waals surface area contributed by atoms with Gasteiger partial charge >= 0.3 is 0 Å². The second-order valence-corrected chi connectivity index (χ2v) is 4.65. The molecule has 3 N–H and O–H groups in total. The third kappa shape index (κ3) is 3.19. The molecule has 4 nitrogen and oxygen atoms in total. The molecule has 100 valence electrons. The minimum absolute atomic E-state index is 0.147. The molecule has 19 heavy (non-hydrogen) atoms. The van der Waals surface area contributed by atoms with Crippen molar-refractivity contribution >= 4 is 11.8 Å². The highest BCUT2D eigenvalue weighted by Crippen LogP contribution is 2.16. The maximum Gasteiger partial charge on any atom is 0.222 e. The summed E-state index contributed by atoms with van der Waals surface area (Å²) >= 11 is 0. The van der Waals surface area contributed by atoms with Crippen LogP contribution in [0.15, 0.2) is 18.2 Å². The van der Waals surface area contributed by atoms with Crippen LogP contribution in [0, 0.1) is 26.6 Å². The van der Waals surface area contributed by atoms with Gasteiger partial charge in [-0.2, -0.15) is 4.98 Å². The third-order valence-corrected chi connectivity index (χ3v) is 2.84. The maximum atomic E-state index is 13.5. The second-order valence-electron chi connectivity index (χ2n) is 4.65. The number of anilines is 2. The number of benzene rings is 1. The number of hydrogen-bond acceptors (Lipinski definition) is 4. The van der Waals surface area contributed by atoms with Crippen molar-refractivity contribution in [2.45, 2.75) is 27.3 Å². The van der Waals surface area contributed by atoms with Gasteiger partial charge in [-0.3, -0.25) is 0 Å². The van der Waals surface area contributed by atoms with E-state index in [4.69, 9.17) is 5.73 Å². The molecule has 0 spiro atoms. The number of rotatable bonds is 3. The molecule has 0 saturated heterocycles. The van der Waals surface area contributed by atoms with Gasteiger partial charge < -0.3 is 11.1 Å². The summed E-state index contributed by atoms with van der Waals surface area (Å²) in [5, 5.41) is 3.16. The van der Waals surface area contributed by atoms with Gasteiger partial charge in [0.2, 0.25) is 5.95 Å². The van der Waals surface area contributed by atoms with Crippen molar-refractivity contribution in [1.29, 1.82) is 0 Å². The number of nitrogens with two attached hydrogens (primary N) is 1. The second kappa shape index (κ2) is 5.22. The predicted molar refractivity (Wildman–Crippen MR) is 74.4 cm³/mol. The Bertz CT molecular complexity index is 567.